The van der Waals surface area contributed by atoms with Crippen LogP contribution in [0.2, 0.25) is 5.02 Å². The van der Waals surface area contributed by atoms with Crippen LogP contribution < -0.4 is 10.8 Å². The molecule has 1 aromatic carbocycles. The van der Waals surface area contributed by atoms with Gasteiger partial charge >= 0.3 is 0 Å². The summed E-state index contributed by atoms with van der Waals surface area (Å²) in [5.41, 5.74) is 2.43. The number of nitrogens with one attached hydrogen (secondary N) is 2. The number of amides is 1. The Labute approximate surface area is 130 Å². The second-order valence-corrected chi connectivity index (χ2v) is 6.14. The SMILES string of the molecule is CCC(CC)(C(=O)NO)[C@H]1CC[C@@H](c2cccc(Cl)c2)N1. The van der Waals surface area contributed by atoms with Crippen LogP contribution in [0.15, 0.2) is 24.3 Å². The molecule has 1 aliphatic rings. The van der Waals surface area contributed by atoms with Gasteiger partial charge in [0.25, 0.3) is 5.91 Å². The van der Waals surface area contributed by atoms with Gasteiger partial charge in [0.1, 0.15) is 0 Å². The van der Waals surface area contributed by atoms with Crippen LogP contribution in [0.3, 0.4) is 0 Å². The van der Waals surface area contributed by atoms with Crippen molar-refractivity contribution in [2.75, 3.05) is 0 Å². The molecule has 2 rings (SSSR count). The molecule has 0 aromatic heterocycles. The Hall–Kier alpha value is -1.10. The minimum Gasteiger partial charge on any atom is -0.306 e. The maximum Gasteiger partial charge on any atom is 0.251 e. The summed E-state index contributed by atoms with van der Waals surface area (Å²) in [4.78, 5) is 12.2. The van der Waals surface area contributed by atoms with Crippen molar-refractivity contribution in [3.8, 4) is 0 Å². The normalized spacial score (nSPS) is 22.3. The third-order valence-electron chi connectivity index (χ3n) is 4.88. The molecule has 0 spiro atoms. The van der Waals surface area contributed by atoms with Gasteiger partial charge in [-0.15, -0.1) is 0 Å². The summed E-state index contributed by atoms with van der Waals surface area (Å²) in [6.07, 6.45) is 3.25. The standard InChI is InChI=1S/C16H23ClN2O2/c1-3-16(4-2,15(20)19-21)14-9-8-13(18-14)11-6-5-7-12(17)10-11/h5-7,10,13-14,18,21H,3-4,8-9H2,1-2H3,(H,19,20)/t13-,14+/m0/s1. The van der Waals surface area contributed by atoms with Crippen LogP contribution in [0.25, 0.3) is 0 Å². The number of hydrogen-bond donors (Lipinski definition) is 3. The molecule has 2 atom stereocenters. The zero-order chi connectivity index (χ0) is 15.5. The van der Waals surface area contributed by atoms with Crippen LogP contribution in [0.5, 0.6) is 0 Å². The summed E-state index contributed by atoms with van der Waals surface area (Å²) >= 11 is 6.05. The van der Waals surface area contributed by atoms with Gasteiger partial charge in [0.05, 0.1) is 5.41 Å². The molecule has 3 N–H and O–H groups in total. The molecule has 0 aliphatic carbocycles. The molecule has 4 nitrogen and oxygen atoms in total. The van der Waals surface area contributed by atoms with E-state index < -0.39 is 5.41 Å². The predicted molar refractivity (Wildman–Crippen MR) is 83.3 cm³/mol. The molecule has 21 heavy (non-hydrogen) atoms. The molecule has 1 aromatic rings. The molecule has 1 aliphatic heterocycles. The Bertz CT molecular complexity index is 503. The first-order chi connectivity index (χ1) is 10.1. The third kappa shape index (κ3) is 3.07. The van der Waals surface area contributed by atoms with Crippen LogP contribution in [0.1, 0.15) is 51.1 Å². The lowest BCUT2D eigenvalue weighted by Crippen LogP contribution is -2.51. The van der Waals surface area contributed by atoms with Gasteiger partial charge in [-0.25, -0.2) is 5.48 Å². The minimum atomic E-state index is -0.567. The number of rotatable bonds is 5. The lowest BCUT2D eigenvalue weighted by atomic mass is 9.74. The van der Waals surface area contributed by atoms with E-state index in [2.05, 4.69) is 11.4 Å². The van der Waals surface area contributed by atoms with Gasteiger partial charge in [-0.2, -0.15) is 0 Å². The zero-order valence-electron chi connectivity index (χ0n) is 12.5. The van der Waals surface area contributed by atoms with Gasteiger partial charge in [0, 0.05) is 17.1 Å². The highest BCUT2D eigenvalue weighted by atomic mass is 35.5. The van der Waals surface area contributed by atoms with Crippen molar-refractivity contribution in [3.63, 3.8) is 0 Å². The van der Waals surface area contributed by atoms with Gasteiger partial charge < -0.3 is 5.32 Å². The molecular weight excluding hydrogens is 288 g/mol. The van der Waals surface area contributed by atoms with E-state index in [0.29, 0.717) is 12.8 Å². The third-order valence-corrected chi connectivity index (χ3v) is 5.12. The monoisotopic (exact) mass is 310 g/mol. The van der Waals surface area contributed by atoms with Crippen LogP contribution in [0.4, 0.5) is 0 Å². The fraction of sp³-hybridized carbons (Fsp3) is 0.562. The number of carbonyl (C=O) groups is 1. The Balaban J connectivity index is 2.18. The van der Waals surface area contributed by atoms with E-state index in [0.717, 1.165) is 23.4 Å². The Kier molecular flexibility index (Phi) is 5.25. The van der Waals surface area contributed by atoms with E-state index in [1.165, 1.54) is 0 Å². The van der Waals surface area contributed by atoms with E-state index in [1.807, 2.05) is 37.5 Å². The number of hydroxylamine groups is 1. The van der Waals surface area contributed by atoms with Crippen molar-refractivity contribution >= 4 is 17.5 Å². The molecule has 1 saturated heterocycles. The van der Waals surface area contributed by atoms with E-state index in [1.54, 1.807) is 0 Å². The number of halogens is 1. The van der Waals surface area contributed by atoms with E-state index >= 15 is 0 Å². The van der Waals surface area contributed by atoms with Gasteiger partial charge in [-0.3, -0.25) is 10.0 Å². The highest BCUT2D eigenvalue weighted by Crippen LogP contribution is 2.40. The first-order valence-electron chi connectivity index (χ1n) is 7.53. The predicted octanol–water partition coefficient (Wildman–Crippen LogP) is 3.44. The number of hydrogen-bond acceptors (Lipinski definition) is 3. The minimum absolute atomic E-state index is 0.0589. The van der Waals surface area contributed by atoms with Gasteiger partial charge in [-0.05, 0) is 43.4 Å². The smallest absolute Gasteiger partial charge is 0.251 e. The lowest BCUT2D eigenvalue weighted by molar-refractivity contribution is -0.142. The molecule has 5 heteroatoms. The fourth-order valence-corrected chi connectivity index (χ4v) is 3.70. The summed E-state index contributed by atoms with van der Waals surface area (Å²) in [6.45, 7) is 3.99. The average Bonchev–Trinajstić information content (AvgIpc) is 2.99. The number of carbonyl (C=O) groups excluding carboxylic acids is 1. The Morgan fingerprint density at radius 1 is 1.43 bits per heavy atom. The van der Waals surface area contributed by atoms with Crippen LogP contribution in [-0.2, 0) is 4.79 Å². The molecule has 116 valence electrons. The zero-order valence-corrected chi connectivity index (χ0v) is 13.3. The van der Waals surface area contributed by atoms with Crippen molar-refractivity contribution in [2.45, 2.75) is 51.6 Å². The van der Waals surface area contributed by atoms with Crippen molar-refractivity contribution < 1.29 is 10.0 Å². The van der Waals surface area contributed by atoms with Crippen molar-refractivity contribution in [2.24, 2.45) is 5.41 Å². The Morgan fingerprint density at radius 3 is 2.71 bits per heavy atom. The second-order valence-electron chi connectivity index (χ2n) is 5.71. The van der Waals surface area contributed by atoms with Gasteiger partial charge in [0.2, 0.25) is 0 Å². The summed E-state index contributed by atoms with van der Waals surface area (Å²) in [5, 5.41) is 13.4. The van der Waals surface area contributed by atoms with Crippen molar-refractivity contribution in [3.05, 3.63) is 34.9 Å². The summed E-state index contributed by atoms with van der Waals surface area (Å²) in [7, 11) is 0. The summed E-state index contributed by atoms with van der Waals surface area (Å²) < 4.78 is 0. The second kappa shape index (κ2) is 6.77. The van der Waals surface area contributed by atoms with Crippen LogP contribution >= 0.6 is 11.6 Å². The quantitative estimate of drug-likeness (QED) is 0.576. The maximum absolute atomic E-state index is 12.2. The highest BCUT2D eigenvalue weighted by molar-refractivity contribution is 6.30. The molecule has 1 fully saturated rings. The first-order valence-corrected chi connectivity index (χ1v) is 7.91. The van der Waals surface area contributed by atoms with E-state index in [9.17, 15) is 4.79 Å². The molecule has 0 radical (unpaired) electrons. The van der Waals surface area contributed by atoms with Gasteiger partial charge in [0.15, 0.2) is 0 Å². The molecule has 1 heterocycles. The van der Waals surface area contributed by atoms with Crippen LogP contribution in [-0.4, -0.2) is 17.2 Å². The summed E-state index contributed by atoms with van der Waals surface area (Å²) in [5.74, 6) is -0.295. The van der Waals surface area contributed by atoms with Crippen LogP contribution in [0, 0.1) is 5.41 Å². The van der Waals surface area contributed by atoms with Crippen molar-refractivity contribution in [1.29, 1.82) is 0 Å². The molecular formula is C16H23ClN2O2. The topological polar surface area (TPSA) is 61.4 Å². The largest absolute Gasteiger partial charge is 0.306 e. The highest BCUT2D eigenvalue weighted by Gasteiger charge is 2.45. The average molecular weight is 311 g/mol. The lowest BCUT2D eigenvalue weighted by Gasteiger charge is -2.35. The molecule has 0 bridgehead atoms. The Morgan fingerprint density at radius 2 is 2.14 bits per heavy atom. The maximum atomic E-state index is 12.2. The molecule has 0 saturated carbocycles. The fourth-order valence-electron chi connectivity index (χ4n) is 3.50. The van der Waals surface area contributed by atoms with Gasteiger partial charge in [-0.1, -0.05) is 37.6 Å². The molecule has 0 unspecified atom stereocenters. The molecule has 1 amide bonds. The van der Waals surface area contributed by atoms with Crippen molar-refractivity contribution in [1.82, 2.24) is 10.8 Å². The van der Waals surface area contributed by atoms with E-state index in [4.69, 9.17) is 16.8 Å². The van der Waals surface area contributed by atoms with E-state index in [-0.39, 0.29) is 18.0 Å². The summed E-state index contributed by atoms with van der Waals surface area (Å²) in [6, 6.07) is 8.09. The number of benzene rings is 1. The first kappa shape index (κ1) is 16.3.